The monoisotopic (exact) mass is 249 g/mol. The zero-order valence-corrected chi connectivity index (χ0v) is 9.43. The minimum Gasteiger partial charge on any atom is -0.387 e. The van der Waals surface area contributed by atoms with Crippen LogP contribution in [0.4, 0.5) is 4.39 Å². The molecule has 1 unspecified atom stereocenters. The van der Waals surface area contributed by atoms with Gasteiger partial charge < -0.3 is 10.4 Å². The summed E-state index contributed by atoms with van der Waals surface area (Å²) in [7, 11) is 0. The summed E-state index contributed by atoms with van der Waals surface area (Å²) < 4.78 is 12.7. The van der Waals surface area contributed by atoms with E-state index < -0.39 is 6.10 Å². The Labute approximate surface area is 103 Å². The van der Waals surface area contributed by atoms with Crippen molar-refractivity contribution < 1.29 is 14.3 Å². The fraction of sp³-hybridized carbons (Fsp3) is 0.167. The van der Waals surface area contributed by atoms with Crippen LogP contribution in [0.5, 0.6) is 0 Å². The van der Waals surface area contributed by atoms with Gasteiger partial charge in [0.15, 0.2) is 0 Å². The quantitative estimate of drug-likeness (QED) is 0.756. The van der Waals surface area contributed by atoms with Gasteiger partial charge in [0.05, 0.1) is 6.10 Å². The number of amides is 1. The average Bonchev–Trinajstić information content (AvgIpc) is 2.90. The predicted molar refractivity (Wildman–Crippen MR) is 62.3 cm³/mol. The number of aliphatic hydroxyl groups is 1. The second-order valence-corrected chi connectivity index (χ2v) is 3.75. The molecule has 5 nitrogen and oxygen atoms in total. The fourth-order valence-corrected chi connectivity index (χ4v) is 1.47. The van der Waals surface area contributed by atoms with Crippen molar-refractivity contribution in [2.45, 2.75) is 6.10 Å². The van der Waals surface area contributed by atoms with E-state index in [1.165, 1.54) is 36.5 Å². The standard InChI is InChI=1S/C12H12FN3O2/c13-9-3-1-8(2-4-9)11(17)7-14-12(18)10-5-6-15-16-10/h1-6,11,17H,7H2,(H,14,18)(H,15,16). The lowest BCUT2D eigenvalue weighted by Crippen LogP contribution is -2.28. The van der Waals surface area contributed by atoms with E-state index in [9.17, 15) is 14.3 Å². The van der Waals surface area contributed by atoms with Crippen LogP contribution in [0.2, 0.25) is 0 Å². The lowest BCUT2D eigenvalue weighted by Gasteiger charge is -2.11. The van der Waals surface area contributed by atoms with Gasteiger partial charge in [-0.25, -0.2) is 4.39 Å². The van der Waals surface area contributed by atoms with E-state index in [0.717, 1.165) is 0 Å². The number of carbonyl (C=O) groups excluding carboxylic acids is 1. The largest absolute Gasteiger partial charge is 0.387 e. The highest BCUT2D eigenvalue weighted by atomic mass is 19.1. The van der Waals surface area contributed by atoms with E-state index >= 15 is 0 Å². The molecule has 1 aromatic heterocycles. The SMILES string of the molecule is O=C(NCC(O)c1ccc(F)cc1)c1ccn[nH]1. The minimum atomic E-state index is -0.877. The Morgan fingerprint density at radius 1 is 1.39 bits per heavy atom. The molecule has 6 heteroatoms. The molecule has 94 valence electrons. The number of hydrogen-bond donors (Lipinski definition) is 3. The zero-order chi connectivity index (χ0) is 13.0. The maximum Gasteiger partial charge on any atom is 0.269 e. The first-order chi connectivity index (χ1) is 8.66. The van der Waals surface area contributed by atoms with E-state index in [0.29, 0.717) is 11.3 Å². The fourth-order valence-electron chi connectivity index (χ4n) is 1.47. The van der Waals surface area contributed by atoms with Gasteiger partial charge in [0.1, 0.15) is 11.5 Å². The van der Waals surface area contributed by atoms with Gasteiger partial charge in [-0.2, -0.15) is 5.10 Å². The molecule has 0 saturated heterocycles. The van der Waals surface area contributed by atoms with E-state index in [4.69, 9.17) is 0 Å². The van der Waals surface area contributed by atoms with Crippen LogP contribution in [0.1, 0.15) is 22.2 Å². The number of carbonyl (C=O) groups is 1. The van der Waals surface area contributed by atoms with Crippen LogP contribution in [0, 0.1) is 5.82 Å². The Balaban J connectivity index is 1.90. The number of nitrogens with zero attached hydrogens (tertiary/aromatic N) is 1. The predicted octanol–water partition coefficient (Wildman–Crippen LogP) is 1.01. The molecule has 3 N–H and O–H groups in total. The van der Waals surface area contributed by atoms with Crippen LogP contribution in [0.15, 0.2) is 36.5 Å². The van der Waals surface area contributed by atoms with Crippen molar-refractivity contribution in [1.82, 2.24) is 15.5 Å². The Kier molecular flexibility index (Phi) is 3.69. The second-order valence-electron chi connectivity index (χ2n) is 3.75. The summed E-state index contributed by atoms with van der Waals surface area (Å²) in [4.78, 5) is 11.5. The third-order valence-electron chi connectivity index (χ3n) is 2.46. The van der Waals surface area contributed by atoms with Crippen molar-refractivity contribution in [3.8, 4) is 0 Å². The summed E-state index contributed by atoms with van der Waals surface area (Å²) in [6.45, 7) is 0.0451. The topological polar surface area (TPSA) is 78.0 Å². The summed E-state index contributed by atoms with van der Waals surface area (Å²) in [6.07, 6.45) is 0.586. The minimum absolute atomic E-state index is 0.0451. The summed E-state index contributed by atoms with van der Waals surface area (Å²) in [5.74, 6) is -0.721. The molecule has 1 aromatic carbocycles. The molecular weight excluding hydrogens is 237 g/mol. The summed E-state index contributed by atoms with van der Waals surface area (Å²) >= 11 is 0. The van der Waals surface area contributed by atoms with Crippen LogP contribution in [0.3, 0.4) is 0 Å². The molecule has 0 aliphatic carbocycles. The molecule has 18 heavy (non-hydrogen) atoms. The highest BCUT2D eigenvalue weighted by Gasteiger charge is 2.11. The van der Waals surface area contributed by atoms with Crippen molar-refractivity contribution in [1.29, 1.82) is 0 Å². The highest BCUT2D eigenvalue weighted by molar-refractivity contribution is 5.92. The van der Waals surface area contributed by atoms with Gasteiger partial charge in [0, 0.05) is 12.7 Å². The first-order valence-corrected chi connectivity index (χ1v) is 5.38. The van der Waals surface area contributed by atoms with Crippen LogP contribution in [-0.4, -0.2) is 27.8 Å². The number of hydrogen-bond acceptors (Lipinski definition) is 3. The van der Waals surface area contributed by atoms with Crippen molar-refractivity contribution >= 4 is 5.91 Å². The van der Waals surface area contributed by atoms with Crippen molar-refractivity contribution in [3.05, 3.63) is 53.6 Å². The van der Waals surface area contributed by atoms with E-state index in [1.807, 2.05) is 0 Å². The molecule has 1 heterocycles. The van der Waals surface area contributed by atoms with Gasteiger partial charge in [0.25, 0.3) is 5.91 Å². The molecule has 0 radical (unpaired) electrons. The Morgan fingerprint density at radius 3 is 2.72 bits per heavy atom. The zero-order valence-electron chi connectivity index (χ0n) is 9.43. The molecule has 0 aliphatic heterocycles. The highest BCUT2D eigenvalue weighted by Crippen LogP contribution is 2.12. The third-order valence-corrected chi connectivity index (χ3v) is 2.46. The second kappa shape index (κ2) is 5.42. The molecule has 0 spiro atoms. The molecule has 2 aromatic rings. The number of nitrogens with one attached hydrogen (secondary N) is 2. The Hall–Kier alpha value is -2.21. The number of H-pyrrole nitrogens is 1. The lowest BCUT2D eigenvalue weighted by atomic mass is 10.1. The molecular formula is C12H12FN3O2. The first-order valence-electron chi connectivity index (χ1n) is 5.38. The average molecular weight is 249 g/mol. The van der Waals surface area contributed by atoms with Gasteiger partial charge >= 0.3 is 0 Å². The maximum atomic E-state index is 12.7. The number of rotatable bonds is 4. The number of halogens is 1. The number of aromatic nitrogens is 2. The van der Waals surface area contributed by atoms with Gasteiger partial charge in [-0.05, 0) is 23.8 Å². The normalized spacial score (nSPS) is 12.1. The van der Waals surface area contributed by atoms with E-state index in [2.05, 4.69) is 15.5 Å². The van der Waals surface area contributed by atoms with Gasteiger partial charge in [0.2, 0.25) is 0 Å². The number of aliphatic hydroxyl groups excluding tert-OH is 1. The maximum absolute atomic E-state index is 12.7. The van der Waals surface area contributed by atoms with Crippen LogP contribution >= 0.6 is 0 Å². The number of aromatic amines is 1. The summed E-state index contributed by atoms with van der Waals surface area (Å²) in [5.41, 5.74) is 0.864. The molecule has 0 aliphatic rings. The van der Waals surface area contributed by atoms with Crippen LogP contribution < -0.4 is 5.32 Å². The van der Waals surface area contributed by atoms with E-state index in [1.54, 1.807) is 0 Å². The Bertz CT molecular complexity index is 511. The molecule has 0 saturated carbocycles. The van der Waals surface area contributed by atoms with Gasteiger partial charge in [-0.1, -0.05) is 12.1 Å². The van der Waals surface area contributed by atoms with Gasteiger partial charge in [-0.3, -0.25) is 9.89 Å². The van der Waals surface area contributed by atoms with Crippen molar-refractivity contribution in [2.24, 2.45) is 0 Å². The van der Waals surface area contributed by atoms with Crippen LogP contribution in [-0.2, 0) is 0 Å². The third kappa shape index (κ3) is 2.92. The molecule has 0 bridgehead atoms. The lowest BCUT2D eigenvalue weighted by molar-refractivity contribution is 0.0911. The van der Waals surface area contributed by atoms with Crippen LogP contribution in [0.25, 0.3) is 0 Å². The first kappa shape index (κ1) is 12.3. The molecule has 1 atom stereocenters. The van der Waals surface area contributed by atoms with E-state index in [-0.39, 0.29) is 18.3 Å². The molecule has 1 amide bonds. The summed E-state index contributed by atoms with van der Waals surface area (Å²) in [6, 6.07) is 6.99. The van der Waals surface area contributed by atoms with Crippen molar-refractivity contribution in [3.63, 3.8) is 0 Å². The smallest absolute Gasteiger partial charge is 0.269 e. The summed E-state index contributed by atoms with van der Waals surface area (Å²) in [5, 5.41) is 18.5. The Morgan fingerprint density at radius 2 is 2.11 bits per heavy atom. The number of benzene rings is 1. The van der Waals surface area contributed by atoms with Gasteiger partial charge in [-0.15, -0.1) is 0 Å². The molecule has 0 fully saturated rings. The van der Waals surface area contributed by atoms with Crippen molar-refractivity contribution in [2.75, 3.05) is 6.54 Å². The molecule has 2 rings (SSSR count).